The predicted molar refractivity (Wildman–Crippen MR) is 83.7 cm³/mol. The van der Waals surface area contributed by atoms with Gasteiger partial charge in [-0.05, 0) is 14.1 Å². The van der Waals surface area contributed by atoms with Crippen LogP contribution in [0.4, 0.5) is 26.3 Å². The predicted octanol–water partition coefficient (Wildman–Crippen LogP) is -3.09. The fraction of sp³-hybridized carbons (Fsp3) is 1.00. The van der Waals surface area contributed by atoms with E-state index in [1.54, 1.807) is 0 Å². The van der Waals surface area contributed by atoms with E-state index in [4.69, 9.17) is 5.84 Å². The Morgan fingerprint density at radius 2 is 1.04 bits per heavy atom. The van der Waals surface area contributed by atoms with Crippen LogP contribution in [0.2, 0.25) is 0 Å². The largest absolute Gasteiger partial charge is 0.512 e. The van der Waals surface area contributed by atoms with Crippen molar-refractivity contribution in [2.24, 2.45) is 17.5 Å². The smallest absolute Gasteiger partial charge is 0.274 e. The van der Waals surface area contributed by atoms with Gasteiger partial charge < -0.3 is 0 Å². The number of hydrogen-bond acceptors (Lipinski definition) is 11. The standard InChI is InChI=1S/C2H2F6N2O4S2.C2H9N3.C2H8N2.H4N2/c3-1(4,5)15(11,12)9-10-16(13,14)2(6,7)8;1-2-4-5-3;1-3-4-2;1-2/h9-10H;4-5H,2-3H2,1H3;3-4H,1-2H3;1-2H2. The van der Waals surface area contributed by atoms with E-state index in [1.807, 2.05) is 21.0 Å². The van der Waals surface area contributed by atoms with Crippen molar-refractivity contribution in [1.29, 1.82) is 0 Å². The van der Waals surface area contributed by atoms with Crippen LogP contribution in [0.3, 0.4) is 0 Å². The Bertz CT molecular complexity index is 490. The molecule has 0 unspecified atom stereocenters. The molecule has 0 saturated carbocycles. The molecule has 0 bridgehead atoms. The summed E-state index contributed by atoms with van der Waals surface area (Å²) in [5, 5.41) is 0. The lowest BCUT2D eigenvalue weighted by Crippen LogP contribution is -2.50. The van der Waals surface area contributed by atoms with Crippen molar-refractivity contribution < 1.29 is 43.2 Å². The molecule has 0 aromatic heterocycles. The van der Waals surface area contributed by atoms with Crippen LogP contribution in [0, 0.1) is 0 Å². The number of hydrogen-bond donors (Lipinski definition) is 9. The molecular formula is C6H23F6N9O4S2. The molecule has 13 nitrogen and oxygen atoms in total. The van der Waals surface area contributed by atoms with Crippen LogP contribution in [-0.2, 0) is 20.0 Å². The quantitative estimate of drug-likeness (QED) is 0.109. The highest BCUT2D eigenvalue weighted by Crippen LogP contribution is 2.23. The van der Waals surface area contributed by atoms with E-state index in [2.05, 4.69) is 33.5 Å². The zero-order valence-electron chi connectivity index (χ0n) is 14.2. The van der Waals surface area contributed by atoms with Crippen molar-refractivity contribution in [3.05, 3.63) is 0 Å². The maximum atomic E-state index is 11.5. The normalized spacial score (nSPS) is 11.9. The Balaban J connectivity index is -0.000000197. The van der Waals surface area contributed by atoms with Gasteiger partial charge in [0.05, 0.1) is 0 Å². The molecule has 170 valence electrons. The topological polar surface area (TPSA) is 219 Å². The first kappa shape index (κ1) is 33.7. The zero-order valence-corrected chi connectivity index (χ0v) is 15.8. The first-order chi connectivity index (χ1) is 12.0. The van der Waals surface area contributed by atoms with E-state index in [9.17, 15) is 43.2 Å². The Morgan fingerprint density at radius 3 is 1.11 bits per heavy atom. The van der Waals surface area contributed by atoms with Gasteiger partial charge in [-0.15, -0.1) is 9.66 Å². The summed E-state index contributed by atoms with van der Waals surface area (Å²) in [6, 6.07) is 0. The zero-order chi connectivity index (χ0) is 22.9. The molecule has 12 N–H and O–H groups in total. The second-order valence-electron chi connectivity index (χ2n) is 3.28. The van der Waals surface area contributed by atoms with Gasteiger partial charge in [0, 0.05) is 6.54 Å². The summed E-state index contributed by atoms with van der Waals surface area (Å²) in [6.07, 6.45) is 0. The van der Waals surface area contributed by atoms with Crippen LogP contribution in [0.1, 0.15) is 6.92 Å². The minimum Gasteiger partial charge on any atom is -0.274 e. The summed E-state index contributed by atoms with van der Waals surface area (Å²) in [7, 11) is -8.82. The molecule has 0 aromatic rings. The monoisotopic (exact) mass is 463 g/mol. The van der Waals surface area contributed by atoms with Crippen LogP contribution in [0.5, 0.6) is 0 Å². The second kappa shape index (κ2) is 16.1. The maximum Gasteiger partial charge on any atom is 0.512 e. The molecule has 0 aliphatic heterocycles. The summed E-state index contributed by atoms with van der Waals surface area (Å²) in [5.74, 6) is 12.8. The summed E-state index contributed by atoms with van der Waals surface area (Å²) in [5.41, 5.74) is -1.62. The third-order valence-electron chi connectivity index (χ3n) is 1.45. The molecule has 21 heteroatoms. The number of rotatable bonds is 6. The first-order valence-electron chi connectivity index (χ1n) is 6.05. The van der Waals surface area contributed by atoms with Crippen molar-refractivity contribution in [3.63, 3.8) is 0 Å². The van der Waals surface area contributed by atoms with Gasteiger partial charge in [0.1, 0.15) is 0 Å². The molecule has 0 aliphatic carbocycles. The highest BCUT2D eigenvalue weighted by Gasteiger charge is 2.50. The van der Waals surface area contributed by atoms with E-state index in [0.29, 0.717) is 0 Å². The minimum absolute atomic E-state index is 0.0350. The van der Waals surface area contributed by atoms with Gasteiger partial charge in [-0.3, -0.25) is 28.4 Å². The van der Waals surface area contributed by atoms with E-state index in [1.165, 1.54) is 0 Å². The lowest BCUT2D eigenvalue weighted by Gasteiger charge is -2.12. The van der Waals surface area contributed by atoms with Crippen molar-refractivity contribution in [1.82, 2.24) is 31.5 Å². The minimum atomic E-state index is -6.23. The van der Waals surface area contributed by atoms with Gasteiger partial charge in [0.2, 0.25) is 0 Å². The van der Waals surface area contributed by atoms with Crippen molar-refractivity contribution in [2.75, 3.05) is 20.6 Å². The van der Waals surface area contributed by atoms with Gasteiger partial charge in [-0.1, -0.05) is 6.92 Å². The molecule has 0 saturated heterocycles. The first-order valence-corrected chi connectivity index (χ1v) is 9.02. The lowest BCUT2D eigenvalue weighted by molar-refractivity contribution is -0.0479. The maximum absolute atomic E-state index is 11.5. The third kappa shape index (κ3) is 18.3. The molecular weight excluding hydrogens is 440 g/mol. The molecule has 0 spiro atoms. The van der Waals surface area contributed by atoms with E-state index < -0.39 is 31.1 Å². The molecule has 27 heavy (non-hydrogen) atoms. The molecule has 0 atom stereocenters. The molecule has 0 aromatic carbocycles. The van der Waals surface area contributed by atoms with Crippen LogP contribution in [0.25, 0.3) is 0 Å². The molecule has 0 amide bonds. The second-order valence-corrected chi connectivity index (χ2v) is 6.62. The number of nitrogens with one attached hydrogen (secondary N) is 6. The van der Waals surface area contributed by atoms with Crippen molar-refractivity contribution >= 4 is 20.0 Å². The molecule has 0 radical (unpaired) electrons. The third-order valence-corrected chi connectivity index (χ3v) is 3.54. The van der Waals surface area contributed by atoms with E-state index >= 15 is 0 Å². The van der Waals surface area contributed by atoms with Crippen LogP contribution in [0.15, 0.2) is 0 Å². The summed E-state index contributed by atoms with van der Waals surface area (Å²) in [6.45, 7) is 2.82. The highest BCUT2D eigenvalue weighted by atomic mass is 32.2. The molecule has 0 rings (SSSR count). The Kier molecular flexibility index (Phi) is 20.1. The number of sulfonamides is 2. The van der Waals surface area contributed by atoms with Crippen LogP contribution in [-0.4, -0.2) is 48.5 Å². The fourth-order valence-corrected chi connectivity index (χ4v) is 1.44. The number of hydrazine groups is 5. The number of nitrogens with two attached hydrogens (primary N) is 3. The van der Waals surface area contributed by atoms with Crippen molar-refractivity contribution in [3.8, 4) is 0 Å². The highest BCUT2D eigenvalue weighted by molar-refractivity contribution is 7.93. The number of halogens is 6. The van der Waals surface area contributed by atoms with Crippen molar-refractivity contribution in [2.45, 2.75) is 17.9 Å². The van der Waals surface area contributed by atoms with Gasteiger partial charge in [0.25, 0.3) is 0 Å². The summed E-state index contributed by atoms with van der Waals surface area (Å²) < 4.78 is 110. The van der Waals surface area contributed by atoms with Crippen LogP contribution < -0.4 is 49.0 Å². The Hall–Kier alpha value is -0.880. The Labute approximate surface area is 151 Å². The van der Waals surface area contributed by atoms with Gasteiger partial charge in [-0.25, -0.2) is 22.3 Å². The van der Waals surface area contributed by atoms with Gasteiger partial charge in [0.15, 0.2) is 0 Å². The van der Waals surface area contributed by atoms with Gasteiger partial charge in [-0.2, -0.15) is 31.9 Å². The molecule has 0 heterocycles. The van der Waals surface area contributed by atoms with Crippen LogP contribution >= 0.6 is 0 Å². The SMILES string of the molecule is CCNNN.CNNC.NN.O=S(=O)(NNS(=O)(=O)C(F)(F)F)C(F)(F)F. The van der Waals surface area contributed by atoms with E-state index in [-0.39, 0.29) is 9.66 Å². The van der Waals surface area contributed by atoms with E-state index in [0.717, 1.165) is 6.54 Å². The summed E-state index contributed by atoms with van der Waals surface area (Å²) in [4.78, 5) is 0.0700. The lowest BCUT2D eigenvalue weighted by atomic mass is 10.8. The summed E-state index contributed by atoms with van der Waals surface area (Å²) >= 11 is 0. The average molecular weight is 463 g/mol. The van der Waals surface area contributed by atoms with Gasteiger partial charge >= 0.3 is 31.1 Å². The molecule has 0 fully saturated rings. The fourth-order valence-electron chi connectivity index (χ4n) is 0.327. The number of alkyl halides is 6. The Morgan fingerprint density at radius 1 is 0.778 bits per heavy atom. The molecule has 0 aliphatic rings. The average Bonchev–Trinajstić information content (AvgIpc) is 2.54.